The van der Waals surface area contributed by atoms with E-state index < -0.39 is 52.7 Å². The summed E-state index contributed by atoms with van der Waals surface area (Å²) in [4.78, 5) is 36.0. The second-order valence-electron chi connectivity index (χ2n) is 9.07. The maximum absolute atomic E-state index is 12.8. The highest BCUT2D eigenvalue weighted by molar-refractivity contribution is 7.89. The number of aromatic nitrogens is 3. The first-order valence-electron chi connectivity index (χ1n) is 11.9. The molecule has 0 unspecified atom stereocenters. The number of benzene rings is 2. The summed E-state index contributed by atoms with van der Waals surface area (Å²) in [7, 11) is -3.76. The number of hydrogen-bond acceptors (Lipinski definition) is 10. The van der Waals surface area contributed by atoms with Gasteiger partial charge in [-0.25, -0.2) is 8.42 Å². The largest absolute Gasteiger partial charge is 0.454 e. The Morgan fingerprint density at radius 3 is 2.22 bits per heavy atom. The average molecular weight is 614 g/mol. The smallest absolute Gasteiger partial charge is 0.422 e. The highest BCUT2D eigenvalue weighted by Gasteiger charge is 2.45. The molecule has 0 radical (unpaired) electrons. The first-order valence-corrected chi connectivity index (χ1v) is 14.1. The number of carbonyl (C=O) groups excluding carboxylic acids is 2. The number of alkyl halides is 3. The fourth-order valence-electron chi connectivity index (χ4n) is 3.61. The van der Waals surface area contributed by atoms with Crippen LogP contribution >= 0.6 is 11.6 Å². The SMILES string of the molecule is CS(=O)(=O)NC(=O)CNC(=O)c1ccc(Nc2nc(NC3(c4ccc(Cl)cc4)CC3)nc(OCC(F)(F)F)n2)cc1. The van der Waals surface area contributed by atoms with Crippen LogP contribution in [0.15, 0.2) is 48.5 Å². The molecular weight excluding hydrogens is 591 g/mol. The van der Waals surface area contributed by atoms with Gasteiger partial charge in [0.05, 0.1) is 18.3 Å². The van der Waals surface area contributed by atoms with Crippen LogP contribution in [0.2, 0.25) is 5.02 Å². The van der Waals surface area contributed by atoms with Gasteiger partial charge in [0, 0.05) is 16.3 Å². The molecule has 1 saturated carbocycles. The second kappa shape index (κ2) is 11.7. The van der Waals surface area contributed by atoms with Gasteiger partial charge in [0.15, 0.2) is 6.61 Å². The molecule has 41 heavy (non-hydrogen) atoms. The maximum Gasteiger partial charge on any atom is 0.422 e. The molecule has 0 saturated heterocycles. The van der Waals surface area contributed by atoms with E-state index >= 15 is 0 Å². The van der Waals surface area contributed by atoms with E-state index in [2.05, 4.69) is 30.9 Å². The van der Waals surface area contributed by atoms with Crippen molar-refractivity contribution in [2.45, 2.75) is 24.6 Å². The van der Waals surface area contributed by atoms with E-state index in [-0.39, 0.29) is 17.5 Å². The first-order chi connectivity index (χ1) is 19.2. The number of nitrogens with zero attached hydrogens (tertiary/aromatic N) is 3. The van der Waals surface area contributed by atoms with Crippen LogP contribution in [-0.2, 0) is 20.4 Å². The summed E-state index contributed by atoms with van der Waals surface area (Å²) in [6.07, 6.45) is -2.36. The Kier molecular flexibility index (Phi) is 8.53. The molecule has 1 aromatic heterocycles. The quantitative estimate of drug-likeness (QED) is 0.253. The summed E-state index contributed by atoms with van der Waals surface area (Å²) >= 11 is 5.98. The number of carbonyl (C=O) groups is 2. The van der Waals surface area contributed by atoms with Crippen molar-refractivity contribution in [3.05, 3.63) is 64.7 Å². The standard InChI is InChI=1S/C24H23ClF3N7O5S/c1-41(38,39)35-18(36)12-29-19(37)14-2-8-17(9-3-14)30-20-31-21(33-22(32-20)40-13-24(26,27)28)34-23(10-11-23)15-4-6-16(25)7-5-15/h2-9H,10-13H2,1H3,(H,29,37)(H,35,36)(H2,30,31,32,33,34). The predicted octanol–water partition coefficient (Wildman–Crippen LogP) is 3.12. The summed E-state index contributed by atoms with van der Waals surface area (Å²) in [5, 5.41) is 8.83. The monoisotopic (exact) mass is 613 g/mol. The van der Waals surface area contributed by atoms with Crippen molar-refractivity contribution in [3.8, 4) is 6.01 Å². The van der Waals surface area contributed by atoms with Crippen molar-refractivity contribution < 1.29 is 35.9 Å². The molecule has 1 aliphatic carbocycles. The lowest BCUT2D eigenvalue weighted by molar-refractivity contribution is -0.154. The Morgan fingerprint density at radius 1 is 1.00 bits per heavy atom. The third kappa shape index (κ3) is 8.91. The molecule has 0 spiro atoms. The number of sulfonamides is 1. The molecule has 4 rings (SSSR count). The van der Waals surface area contributed by atoms with E-state index in [4.69, 9.17) is 16.3 Å². The van der Waals surface area contributed by atoms with Crippen LogP contribution in [0.5, 0.6) is 6.01 Å². The minimum atomic E-state index is -4.61. The van der Waals surface area contributed by atoms with Crippen molar-refractivity contribution >= 4 is 51.0 Å². The Hall–Kier alpha value is -4.18. The molecule has 0 aliphatic heterocycles. The molecule has 4 N–H and O–H groups in total. The number of anilines is 3. The molecule has 218 valence electrons. The lowest BCUT2D eigenvalue weighted by atomic mass is 10.1. The zero-order valence-corrected chi connectivity index (χ0v) is 22.8. The van der Waals surface area contributed by atoms with Gasteiger partial charge in [-0.1, -0.05) is 23.7 Å². The number of ether oxygens (including phenoxy) is 1. The van der Waals surface area contributed by atoms with E-state index in [1.54, 1.807) is 16.9 Å². The van der Waals surface area contributed by atoms with Gasteiger partial charge >= 0.3 is 12.2 Å². The second-order valence-corrected chi connectivity index (χ2v) is 11.3. The van der Waals surface area contributed by atoms with Crippen LogP contribution in [0.3, 0.4) is 0 Å². The summed E-state index contributed by atoms with van der Waals surface area (Å²) in [6.45, 7) is -2.17. The number of hydrogen-bond donors (Lipinski definition) is 4. The van der Waals surface area contributed by atoms with Gasteiger partial charge in [-0.15, -0.1) is 0 Å². The number of rotatable bonds is 11. The number of nitrogens with one attached hydrogen (secondary N) is 4. The normalized spacial score (nSPS) is 14.1. The Bertz CT molecular complexity index is 1530. The van der Waals surface area contributed by atoms with Crippen LogP contribution in [-0.4, -0.2) is 60.8 Å². The summed E-state index contributed by atoms with van der Waals surface area (Å²) < 4.78 is 67.0. The number of amides is 2. The molecule has 2 aromatic carbocycles. The minimum Gasteiger partial charge on any atom is -0.454 e. The third-order valence-corrected chi connectivity index (χ3v) is 6.44. The fourth-order valence-corrected chi connectivity index (χ4v) is 4.22. The lowest BCUT2D eigenvalue weighted by Gasteiger charge is -2.19. The van der Waals surface area contributed by atoms with Gasteiger partial charge < -0.3 is 20.7 Å². The van der Waals surface area contributed by atoms with Crippen molar-refractivity contribution in [2.24, 2.45) is 0 Å². The Labute approximate surface area is 237 Å². The van der Waals surface area contributed by atoms with Gasteiger partial charge in [-0.3, -0.25) is 14.3 Å². The zero-order valence-electron chi connectivity index (χ0n) is 21.3. The Morgan fingerprint density at radius 2 is 1.63 bits per heavy atom. The molecule has 2 amide bonds. The summed E-state index contributed by atoms with van der Waals surface area (Å²) in [5.41, 5.74) is 0.887. The van der Waals surface area contributed by atoms with Crippen molar-refractivity contribution in [1.29, 1.82) is 0 Å². The third-order valence-electron chi connectivity index (χ3n) is 5.59. The van der Waals surface area contributed by atoms with Gasteiger partial charge in [0.25, 0.3) is 11.8 Å². The molecule has 1 fully saturated rings. The molecule has 1 aliphatic rings. The van der Waals surface area contributed by atoms with Gasteiger partial charge in [0.1, 0.15) is 0 Å². The van der Waals surface area contributed by atoms with E-state index in [9.17, 15) is 31.2 Å². The predicted molar refractivity (Wildman–Crippen MR) is 142 cm³/mol. The molecular formula is C24H23ClF3N7O5S. The van der Waals surface area contributed by atoms with Gasteiger partial charge in [0.2, 0.25) is 21.9 Å². The first kappa shape index (κ1) is 29.8. The van der Waals surface area contributed by atoms with Gasteiger partial charge in [-0.2, -0.15) is 28.1 Å². The molecule has 17 heteroatoms. The van der Waals surface area contributed by atoms with E-state index in [1.165, 1.54) is 24.3 Å². The van der Waals surface area contributed by atoms with Crippen LogP contribution in [0.4, 0.5) is 30.8 Å². The highest BCUT2D eigenvalue weighted by atomic mass is 35.5. The van der Waals surface area contributed by atoms with Crippen molar-refractivity contribution in [1.82, 2.24) is 25.0 Å². The van der Waals surface area contributed by atoms with Crippen LogP contribution in [0.25, 0.3) is 0 Å². The molecule has 0 bridgehead atoms. The summed E-state index contributed by atoms with van der Waals surface area (Å²) in [5.74, 6) is -1.70. The number of halogens is 4. The van der Waals surface area contributed by atoms with Crippen LogP contribution < -0.4 is 25.4 Å². The molecule has 1 heterocycles. The minimum absolute atomic E-state index is 0.0181. The molecule has 12 nitrogen and oxygen atoms in total. The zero-order chi connectivity index (χ0) is 29.8. The fraction of sp³-hybridized carbons (Fsp3) is 0.292. The molecule has 0 atom stereocenters. The van der Waals surface area contributed by atoms with E-state index in [0.29, 0.717) is 10.7 Å². The lowest BCUT2D eigenvalue weighted by Crippen LogP contribution is -2.39. The van der Waals surface area contributed by atoms with Crippen molar-refractivity contribution in [2.75, 3.05) is 30.0 Å². The summed E-state index contributed by atoms with van der Waals surface area (Å²) in [6, 6.07) is 12.3. The average Bonchev–Trinajstić information content (AvgIpc) is 3.66. The maximum atomic E-state index is 12.8. The molecule has 3 aromatic rings. The van der Waals surface area contributed by atoms with Gasteiger partial charge in [-0.05, 0) is 54.8 Å². The van der Waals surface area contributed by atoms with Crippen LogP contribution in [0.1, 0.15) is 28.8 Å². The Balaban J connectivity index is 1.48. The van der Waals surface area contributed by atoms with Crippen molar-refractivity contribution in [3.63, 3.8) is 0 Å². The van der Waals surface area contributed by atoms with E-state index in [1.807, 2.05) is 12.1 Å². The topological polar surface area (TPSA) is 164 Å². The van der Waals surface area contributed by atoms with E-state index in [0.717, 1.165) is 24.7 Å². The highest BCUT2D eigenvalue weighted by Crippen LogP contribution is 2.48. The van der Waals surface area contributed by atoms with Crippen LogP contribution in [0, 0.1) is 0 Å².